The maximum absolute atomic E-state index is 13.5. The van der Waals surface area contributed by atoms with Crippen LogP contribution in [-0.4, -0.2) is 17.1 Å². The monoisotopic (exact) mass is 515 g/mol. The van der Waals surface area contributed by atoms with Crippen molar-refractivity contribution in [3.63, 3.8) is 0 Å². The van der Waals surface area contributed by atoms with Crippen LogP contribution in [0.1, 0.15) is 30.9 Å². The predicted molar refractivity (Wildman–Crippen MR) is 147 cm³/mol. The van der Waals surface area contributed by atoms with Gasteiger partial charge in [0.05, 0.1) is 5.25 Å². The van der Waals surface area contributed by atoms with Crippen LogP contribution < -0.4 is 10.2 Å². The average Bonchev–Trinajstić information content (AvgIpc) is 3.19. The zero-order valence-corrected chi connectivity index (χ0v) is 21.5. The summed E-state index contributed by atoms with van der Waals surface area (Å²) in [5.41, 5.74) is 3.23. The summed E-state index contributed by atoms with van der Waals surface area (Å²) in [6.07, 6.45) is 3.63. The van der Waals surface area contributed by atoms with Crippen molar-refractivity contribution in [2.24, 2.45) is 0 Å². The summed E-state index contributed by atoms with van der Waals surface area (Å²) < 4.78 is 0. The molecule has 1 heterocycles. The topological polar surface area (TPSA) is 73.2 Å². The number of hydrogen-bond donors (Lipinski definition) is 1. The van der Waals surface area contributed by atoms with Gasteiger partial charge in [-0.25, -0.2) is 0 Å². The number of nitrogens with zero attached hydrogens (tertiary/aromatic N) is 2. The molecule has 1 aliphatic heterocycles. The van der Waals surface area contributed by atoms with Gasteiger partial charge in [0.1, 0.15) is 16.7 Å². The van der Waals surface area contributed by atoms with Crippen LogP contribution in [0.15, 0.2) is 89.5 Å². The Kier molecular flexibility index (Phi) is 8.48. The summed E-state index contributed by atoms with van der Waals surface area (Å²) in [6.45, 7) is 2.15. The summed E-state index contributed by atoms with van der Waals surface area (Å²) in [4.78, 5) is 28.2. The number of carbonyl (C=O) groups excluding carboxylic acids is 2. The van der Waals surface area contributed by atoms with Gasteiger partial charge in [-0.2, -0.15) is 5.26 Å². The van der Waals surface area contributed by atoms with Crippen molar-refractivity contribution >= 4 is 46.6 Å². The van der Waals surface area contributed by atoms with E-state index in [1.54, 1.807) is 18.2 Å². The molecule has 0 radical (unpaired) electrons. The van der Waals surface area contributed by atoms with Crippen LogP contribution in [0.2, 0.25) is 5.02 Å². The van der Waals surface area contributed by atoms with Gasteiger partial charge < -0.3 is 5.32 Å². The molecular weight excluding hydrogens is 490 g/mol. The molecule has 4 rings (SSSR count). The van der Waals surface area contributed by atoms with Crippen LogP contribution in [0, 0.1) is 11.3 Å². The molecule has 3 aromatic rings. The number of anilines is 2. The molecule has 3 aromatic carbocycles. The van der Waals surface area contributed by atoms with Crippen molar-refractivity contribution in [1.29, 1.82) is 5.26 Å². The highest BCUT2D eigenvalue weighted by Crippen LogP contribution is 2.42. The lowest BCUT2D eigenvalue weighted by atomic mass is 10.1. The van der Waals surface area contributed by atoms with Gasteiger partial charge in [-0.1, -0.05) is 79.2 Å². The van der Waals surface area contributed by atoms with Gasteiger partial charge in [-0.15, -0.1) is 0 Å². The van der Waals surface area contributed by atoms with E-state index in [2.05, 4.69) is 12.2 Å². The van der Waals surface area contributed by atoms with Crippen molar-refractivity contribution in [3.05, 3.63) is 106 Å². The molecule has 1 unspecified atom stereocenters. The fourth-order valence-corrected chi connectivity index (χ4v) is 5.53. The van der Waals surface area contributed by atoms with Crippen LogP contribution in [-0.2, 0) is 22.4 Å². The number of halogens is 1. The van der Waals surface area contributed by atoms with Gasteiger partial charge in [0, 0.05) is 16.4 Å². The first-order valence-corrected chi connectivity index (χ1v) is 13.1. The molecule has 0 aromatic heterocycles. The van der Waals surface area contributed by atoms with Gasteiger partial charge in [-0.3, -0.25) is 14.5 Å². The Labute approximate surface area is 220 Å². The number of amides is 2. The van der Waals surface area contributed by atoms with E-state index in [0.29, 0.717) is 27.8 Å². The highest BCUT2D eigenvalue weighted by molar-refractivity contribution is 8.05. The lowest BCUT2D eigenvalue weighted by molar-refractivity contribution is -0.117. The van der Waals surface area contributed by atoms with E-state index in [1.807, 2.05) is 66.7 Å². The Morgan fingerprint density at radius 3 is 2.47 bits per heavy atom. The summed E-state index contributed by atoms with van der Waals surface area (Å²) in [5, 5.41) is 13.3. The van der Waals surface area contributed by atoms with Crippen LogP contribution in [0.5, 0.6) is 0 Å². The second-order valence-electron chi connectivity index (χ2n) is 8.50. The maximum Gasteiger partial charge on any atom is 0.269 e. The smallest absolute Gasteiger partial charge is 0.269 e. The molecule has 182 valence electrons. The largest absolute Gasteiger partial charge is 0.321 e. The molecule has 0 bridgehead atoms. The molecule has 0 saturated carbocycles. The third-order valence-electron chi connectivity index (χ3n) is 5.86. The van der Waals surface area contributed by atoms with Gasteiger partial charge in [0.2, 0.25) is 5.91 Å². The Bertz CT molecular complexity index is 1320. The first-order chi connectivity index (χ1) is 17.5. The average molecular weight is 516 g/mol. The van der Waals surface area contributed by atoms with Gasteiger partial charge in [0.25, 0.3) is 5.91 Å². The summed E-state index contributed by atoms with van der Waals surface area (Å²) in [7, 11) is 0. The Morgan fingerprint density at radius 1 is 1.06 bits per heavy atom. The van der Waals surface area contributed by atoms with Crippen LogP contribution in [0.3, 0.4) is 0 Å². The number of carbonyl (C=O) groups is 2. The van der Waals surface area contributed by atoms with Crippen molar-refractivity contribution < 1.29 is 9.59 Å². The fraction of sp³-hybridized carbons (Fsp3) is 0.207. The van der Waals surface area contributed by atoms with E-state index >= 15 is 0 Å². The third-order valence-corrected chi connectivity index (χ3v) is 7.36. The van der Waals surface area contributed by atoms with Crippen LogP contribution in [0.4, 0.5) is 11.4 Å². The number of aryl methyl sites for hydroxylation is 1. The van der Waals surface area contributed by atoms with Crippen molar-refractivity contribution in [3.8, 4) is 6.07 Å². The number of thioether (sulfide) groups is 1. The normalized spacial score (nSPS) is 16.5. The van der Waals surface area contributed by atoms with E-state index in [9.17, 15) is 14.9 Å². The minimum atomic E-state index is -0.543. The molecule has 36 heavy (non-hydrogen) atoms. The zero-order valence-electron chi connectivity index (χ0n) is 19.9. The first-order valence-electron chi connectivity index (χ1n) is 11.8. The molecule has 7 heteroatoms. The third kappa shape index (κ3) is 5.99. The number of rotatable bonds is 8. The van der Waals surface area contributed by atoms with E-state index in [-0.39, 0.29) is 11.5 Å². The van der Waals surface area contributed by atoms with Crippen LogP contribution >= 0.6 is 23.4 Å². The lowest BCUT2D eigenvalue weighted by Crippen LogP contribution is -2.30. The number of hydrogen-bond acceptors (Lipinski definition) is 4. The van der Waals surface area contributed by atoms with Crippen molar-refractivity contribution in [2.75, 3.05) is 10.2 Å². The Balaban J connectivity index is 1.63. The number of nitriles is 1. The maximum atomic E-state index is 13.5. The fourth-order valence-electron chi connectivity index (χ4n) is 4.01. The molecule has 5 nitrogen and oxygen atoms in total. The number of para-hydroxylation sites is 1. The van der Waals surface area contributed by atoms with Gasteiger partial charge in [0.15, 0.2) is 0 Å². The lowest BCUT2D eigenvalue weighted by Gasteiger charge is -2.18. The molecule has 1 aliphatic rings. The standard InChI is InChI=1S/C29H26ClN3O2S/c1-2-3-8-20-13-15-23(16-14-20)32-27(34)25(19-31)29-33(24-11-5-4-6-12-24)28(35)26(36-29)18-21-9-7-10-22(30)17-21/h4-7,9-17,26H,2-3,8,18H2,1H3,(H,32,34)/b29-25+. The van der Waals surface area contributed by atoms with Crippen LogP contribution in [0.25, 0.3) is 0 Å². The van der Waals surface area contributed by atoms with Gasteiger partial charge >= 0.3 is 0 Å². The van der Waals surface area contributed by atoms with Crippen molar-refractivity contribution in [1.82, 2.24) is 0 Å². The van der Waals surface area contributed by atoms with Gasteiger partial charge in [-0.05, 0) is 66.8 Å². The second-order valence-corrected chi connectivity index (χ2v) is 10.1. The zero-order chi connectivity index (χ0) is 25.5. The van der Waals surface area contributed by atoms with Crippen molar-refractivity contribution in [2.45, 2.75) is 37.9 Å². The number of unbranched alkanes of at least 4 members (excludes halogenated alkanes) is 1. The molecule has 1 N–H and O–H groups in total. The molecule has 0 aliphatic carbocycles. The molecule has 0 spiro atoms. The summed E-state index contributed by atoms with van der Waals surface area (Å²) in [5.74, 6) is -0.722. The Morgan fingerprint density at radius 2 is 1.81 bits per heavy atom. The summed E-state index contributed by atoms with van der Waals surface area (Å²) >= 11 is 7.37. The molecule has 1 saturated heterocycles. The van der Waals surface area contributed by atoms with E-state index in [4.69, 9.17) is 11.6 Å². The second kappa shape index (κ2) is 11.9. The number of benzene rings is 3. The molecule has 2 amide bonds. The molecule has 1 fully saturated rings. The Hall–Kier alpha value is -3.53. The highest BCUT2D eigenvalue weighted by Gasteiger charge is 2.40. The first kappa shape index (κ1) is 25.6. The molecular formula is C29H26ClN3O2S. The summed E-state index contributed by atoms with van der Waals surface area (Å²) in [6, 6.07) is 26.1. The molecule has 1 atom stereocenters. The van der Waals surface area contributed by atoms with E-state index in [1.165, 1.54) is 22.2 Å². The minimum Gasteiger partial charge on any atom is -0.321 e. The predicted octanol–water partition coefficient (Wildman–Crippen LogP) is 6.75. The highest BCUT2D eigenvalue weighted by atomic mass is 35.5. The van der Waals surface area contributed by atoms with E-state index < -0.39 is 11.2 Å². The quantitative estimate of drug-likeness (QED) is 0.266. The number of nitrogens with one attached hydrogen (secondary N) is 1. The SMILES string of the molecule is CCCCc1ccc(NC(=O)/C(C#N)=C2/SC(Cc3cccc(Cl)c3)C(=O)N2c2ccccc2)cc1. The van der Waals surface area contributed by atoms with E-state index in [0.717, 1.165) is 24.8 Å². The minimum absolute atomic E-state index is 0.0964.